The number of hydrogen-bond acceptors (Lipinski definition) is 3. The summed E-state index contributed by atoms with van der Waals surface area (Å²) in [6.45, 7) is 3.13. The summed E-state index contributed by atoms with van der Waals surface area (Å²) >= 11 is 12.0. The molecule has 1 aliphatic heterocycles. The van der Waals surface area contributed by atoms with Gasteiger partial charge in [-0.1, -0.05) is 30.1 Å². The van der Waals surface area contributed by atoms with Crippen LogP contribution in [0.2, 0.25) is 10.0 Å². The monoisotopic (exact) mass is 329 g/mol. The molecule has 1 aromatic rings. The average Bonchev–Trinajstić information content (AvgIpc) is 2.69. The van der Waals surface area contributed by atoms with Crippen molar-refractivity contribution in [1.29, 1.82) is 0 Å². The molecule has 1 aliphatic rings. The molecule has 1 saturated heterocycles. The Morgan fingerprint density at radius 1 is 1.43 bits per heavy atom. The van der Waals surface area contributed by atoms with E-state index in [0.29, 0.717) is 46.8 Å². The molecule has 0 bridgehead atoms. The molecule has 1 unspecified atom stereocenters. The highest BCUT2D eigenvalue weighted by Crippen LogP contribution is 2.32. The molecule has 0 saturated carbocycles. The molecule has 1 atom stereocenters. The molecule has 114 valence electrons. The van der Waals surface area contributed by atoms with Gasteiger partial charge in [0.1, 0.15) is 0 Å². The zero-order chi connectivity index (χ0) is 15.6. The Morgan fingerprint density at radius 2 is 2.05 bits per heavy atom. The van der Waals surface area contributed by atoms with Gasteiger partial charge in [-0.25, -0.2) is 0 Å². The summed E-state index contributed by atoms with van der Waals surface area (Å²) in [5, 5.41) is 3.24. The second-order valence-electron chi connectivity index (χ2n) is 5.31. The minimum Gasteiger partial charge on any atom is -0.399 e. The summed E-state index contributed by atoms with van der Waals surface area (Å²) in [4.78, 5) is 25.3. The van der Waals surface area contributed by atoms with Crippen molar-refractivity contribution in [3.63, 3.8) is 0 Å². The van der Waals surface area contributed by atoms with Gasteiger partial charge in [-0.15, -0.1) is 0 Å². The lowest BCUT2D eigenvalue weighted by molar-refractivity contribution is -0.128. The molecule has 0 aliphatic carbocycles. The number of hydrogen-bond donors (Lipinski definition) is 2. The first-order valence-corrected chi connectivity index (χ1v) is 7.44. The van der Waals surface area contributed by atoms with Gasteiger partial charge in [0.2, 0.25) is 11.8 Å². The summed E-state index contributed by atoms with van der Waals surface area (Å²) in [6.07, 6.45) is 0.757. The third-order valence-corrected chi connectivity index (χ3v) is 3.94. The van der Waals surface area contributed by atoms with E-state index >= 15 is 0 Å². The number of nitrogens with two attached hydrogens (primary N) is 1. The predicted octanol–water partition coefficient (Wildman–Crippen LogP) is 2.77. The first-order chi connectivity index (χ1) is 9.86. The Balaban J connectivity index is 1.92. The minimum atomic E-state index is -0.240. The molecular weight excluding hydrogens is 313 g/mol. The number of benzene rings is 1. The Morgan fingerprint density at radius 3 is 2.57 bits per heavy atom. The minimum absolute atomic E-state index is 0.0962. The third-order valence-electron chi connectivity index (χ3n) is 3.35. The number of carbonyl (C=O) groups excluding carboxylic acids is 2. The summed E-state index contributed by atoms with van der Waals surface area (Å²) in [5.41, 5.74) is 6.38. The fraction of sp³-hybridized carbons (Fsp3) is 0.429. The fourth-order valence-corrected chi connectivity index (χ4v) is 2.93. The van der Waals surface area contributed by atoms with Crippen molar-refractivity contribution in [2.24, 2.45) is 5.92 Å². The van der Waals surface area contributed by atoms with Crippen molar-refractivity contribution in [2.75, 3.05) is 24.1 Å². The first-order valence-electron chi connectivity index (χ1n) is 6.69. The Bertz CT molecular complexity index is 554. The van der Waals surface area contributed by atoms with Crippen LogP contribution < -0.4 is 11.1 Å². The highest BCUT2D eigenvalue weighted by molar-refractivity contribution is 6.40. The molecule has 3 N–H and O–H groups in total. The topological polar surface area (TPSA) is 75.4 Å². The number of halogens is 2. The van der Waals surface area contributed by atoms with E-state index in [1.165, 1.54) is 12.1 Å². The second kappa shape index (κ2) is 6.54. The SMILES string of the molecule is CC1CC(=O)N(CCC(=O)Nc2c(Cl)cc(N)cc2Cl)C1. The summed E-state index contributed by atoms with van der Waals surface area (Å²) in [6, 6.07) is 3.05. The van der Waals surface area contributed by atoms with E-state index in [2.05, 4.69) is 5.32 Å². The molecule has 1 heterocycles. The lowest BCUT2D eigenvalue weighted by Gasteiger charge is -2.16. The van der Waals surface area contributed by atoms with Crippen molar-refractivity contribution < 1.29 is 9.59 Å². The van der Waals surface area contributed by atoms with Gasteiger partial charge < -0.3 is 16.0 Å². The number of nitrogens with one attached hydrogen (secondary N) is 1. The molecular formula is C14H17Cl2N3O2. The number of nitrogen functional groups attached to an aromatic ring is 1. The van der Waals surface area contributed by atoms with Gasteiger partial charge in [-0.05, 0) is 18.1 Å². The van der Waals surface area contributed by atoms with Crippen molar-refractivity contribution in [2.45, 2.75) is 19.8 Å². The smallest absolute Gasteiger partial charge is 0.226 e. The maximum atomic E-state index is 11.9. The van der Waals surface area contributed by atoms with E-state index in [9.17, 15) is 9.59 Å². The van der Waals surface area contributed by atoms with Crippen molar-refractivity contribution in [1.82, 2.24) is 4.90 Å². The molecule has 1 fully saturated rings. The highest BCUT2D eigenvalue weighted by Gasteiger charge is 2.26. The molecule has 2 rings (SSSR count). The predicted molar refractivity (Wildman–Crippen MR) is 84.5 cm³/mol. The number of rotatable bonds is 4. The van der Waals surface area contributed by atoms with Crippen molar-refractivity contribution >= 4 is 46.4 Å². The van der Waals surface area contributed by atoms with Crippen LogP contribution in [0.3, 0.4) is 0 Å². The molecule has 0 radical (unpaired) electrons. The van der Waals surface area contributed by atoms with Crippen LogP contribution in [0.5, 0.6) is 0 Å². The van der Waals surface area contributed by atoms with Crippen LogP contribution in [-0.4, -0.2) is 29.8 Å². The number of carbonyl (C=O) groups is 2. The van der Waals surface area contributed by atoms with Crippen LogP contribution in [0.25, 0.3) is 0 Å². The first kappa shape index (κ1) is 15.9. The van der Waals surface area contributed by atoms with Crippen LogP contribution in [0, 0.1) is 5.92 Å². The summed E-state index contributed by atoms with van der Waals surface area (Å²) in [5.74, 6) is 0.205. The Kier molecular flexibility index (Phi) is 4.96. The van der Waals surface area contributed by atoms with Gasteiger partial charge in [-0.3, -0.25) is 9.59 Å². The maximum absolute atomic E-state index is 11.9. The van der Waals surface area contributed by atoms with Crippen molar-refractivity contribution in [3.8, 4) is 0 Å². The molecule has 2 amide bonds. The average molecular weight is 330 g/mol. The zero-order valence-corrected chi connectivity index (χ0v) is 13.2. The van der Waals surface area contributed by atoms with E-state index in [1.54, 1.807) is 4.90 Å². The molecule has 21 heavy (non-hydrogen) atoms. The van der Waals surface area contributed by atoms with Crippen molar-refractivity contribution in [3.05, 3.63) is 22.2 Å². The normalized spacial score (nSPS) is 18.1. The maximum Gasteiger partial charge on any atom is 0.226 e. The van der Waals surface area contributed by atoms with Crippen LogP contribution >= 0.6 is 23.2 Å². The zero-order valence-electron chi connectivity index (χ0n) is 11.7. The molecule has 0 aromatic heterocycles. The van der Waals surface area contributed by atoms with Crippen LogP contribution in [0.15, 0.2) is 12.1 Å². The lowest BCUT2D eigenvalue weighted by atomic mass is 10.2. The number of likely N-dealkylation sites (tertiary alicyclic amines) is 1. The Hall–Kier alpha value is -1.46. The van der Waals surface area contributed by atoms with Crippen LogP contribution in [0.1, 0.15) is 19.8 Å². The second-order valence-corrected chi connectivity index (χ2v) is 6.12. The van der Waals surface area contributed by atoms with Gasteiger partial charge in [-0.2, -0.15) is 0 Å². The highest BCUT2D eigenvalue weighted by atomic mass is 35.5. The van der Waals surface area contributed by atoms with Gasteiger partial charge in [0.15, 0.2) is 0 Å². The number of anilines is 2. The standard InChI is InChI=1S/C14H17Cl2N3O2/c1-8-4-13(21)19(7-8)3-2-12(20)18-14-10(15)5-9(17)6-11(14)16/h5-6,8H,2-4,7,17H2,1H3,(H,18,20). The third kappa shape index (κ3) is 4.02. The lowest BCUT2D eigenvalue weighted by Crippen LogP contribution is -2.29. The van der Waals surface area contributed by atoms with E-state index in [-0.39, 0.29) is 18.2 Å². The molecule has 0 spiro atoms. The summed E-state index contributed by atoms with van der Waals surface area (Å²) in [7, 11) is 0. The van der Waals surface area contributed by atoms with Crippen LogP contribution in [-0.2, 0) is 9.59 Å². The molecule has 7 heteroatoms. The van der Waals surface area contributed by atoms with Gasteiger partial charge in [0.25, 0.3) is 0 Å². The van der Waals surface area contributed by atoms with E-state index in [4.69, 9.17) is 28.9 Å². The van der Waals surface area contributed by atoms with E-state index < -0.39 is 0 Å². The van der Waals surface area contributed by atoms with E-state index in [1.807, 2.05) is 6.92 Å². The van der Waals surface area contributed by atoms with Gasteiger partial charge >= 0.3 is 0 Å². The van der Waals surface area contributed by atoms with Gasteiger partial charge in [0.05, 0.1) is 15.7 Å². The van der Waals surface area contributed by atoms with E-state index in [0.717, 1.165) is 0 Å². The Labute approximate surface area is 133 Å². The quantitative estimate of drug-likeness (QED) is 0.834. The number of amides is 2. The summed E-state index contributed by atoms with van der Waals surface area (Å²) < 4.78 is 0. The number of nitrogens with zero attached hydrogens (tertiary/aromatic N) is 1. The van der Waals surface area contributed by atoms with Crippen LogP contribution in [0.4, 0.5) is 11.4 Å². The molecule has 1 aromatic carbocycles. The fourth-order valence-electron chi connectivity index (χ4n) is 2.34. The van der Waals surface area contributed by atoms with Gasteiger partial charge in [0, 0.05) is 31.6 Å². The largest absolute Gasteiger partial charge is 0.399 e. The molecule has 5 nitrogen and oxygen atoms in total.